The molecular weight excluding hydrogens is 777 g/mol. The number of hydrogen-bond donors (Lipinski definition) is 4. The molecule has 0 bridgehead atoms. The number of carboxylic acids is 1. The molecule has 356 valence electrons. The van der Waals surface area contributed by atoms with E-state index in [1.54, 1.807) is 0 Å². The van der Waals surface area contributed by atoms with Crippen molar-refractivity contribution in [3.05, 3.63) is 60.8 Å². The summed E-state index contributed by atoms with van der Waals surface area (Å²) in [7, 11) is 0. The second-order valence-electron chi connectivity index (χ2n) is 16.9. The molecule has 0 aromatic heterocycles. The number of carboxylic acid groups (broad SMARTS) is 1. The van der Waals surface area contributed by atoms with E-state index in [0.717, 1.165) is 96.3 Å². The molecule has 4 N–H and O–H groups in total. The van der Waals surface area contributed by atoms with Crippen LogP contribution in [0.4, 0.5) is 0 Å². The van der Waals surface area contributed by atoms with E-state index in [2.05, 4.69) is 85.2 Å². The van der Waals surface area contributed by atoms with Crippen LogP contribution in [0.3, 0.4) is 0 Å². The zero-order valence-electron chi connectivity index (χ0n) is 39.6. The molecule has 0 aromatic carbocycles. The highest BCUT2D eigenvalue weighted by Crippen LogP contribution is 2.19. The Morgan fingerprint density at radius 3 is 1.39 bits per heavy atom. The molecule has 9 nitrogen and oxygen atoms in total. The lowest BCUT2D eigenvalue weighted by atomic mass is 10.0. The summed E-state index contributed by atoms with van der Waals surface area (Å²) in [6.45, 7) is 3.38. The monoisotopic (exact) mass is 869 g/mol. The second kappa shape index (κ2) is 47.0. The summed E-state index contributed by atoms with van der Waals surface area (Å²) in [6, 6.07) is -1.38. The van der Waals surface area contributed by atoms with Crippen molar-refractivity contribution in [3.8, 4) is 0 Å². The lowest BCUT2D eigenvalue weighted by Crippen LogP contribution is -2.47. The number of aliphatic hydroxyl groups is 1. The minimum Gasteiger partial charge on any atom is -0.480 e. The van der Waals surface area contributed by atoms with Crippen LogP contribution < -0.4 is 10.6 Å². The van der Waals surface area contributed by atoms with Gasteiger partial charge in [-0.3, -0.25) is 14.4 Å². The van der Waals surface area contributed by atoms with Crippen LogP contribution in [-0.2, 0) is 23.9 Å². The Kier molecular flexibility index (Phi) is 44.4. The van der Waals surface area contributed by atoms with Crippen LogP contribution in [0.5, 0.6) is 0 Å². The third-order valence-electron chi connectivity index (χ3n) is 11.0. The summed E-state index contributed by atoms with van der Waals surface area (Å²) in [5.41, 5.74) is 0. The molecule has 0 heterocycles. The molecule has 2 amide bonds. The van der Waals surface area contributed by atoms with Gasteiger partial charge in [-0.25, -0.2) is 4.79 Å². The van der Waals surface area contributed by atoms with Gasteiger partial charge in [0.1, 0.15) is 12.1 Å². The summed E-state index contributed by atoms with van der Waals surface area (Å²) in [5, 5.41) is 22.6. The molecule has 0 spiro atoms. The molecule has 0 aromatic rings. The minimum atomic E-state index is -1.38. The molecule has 0 saturated carbocycles. The number of esters is 1. The minimum absolute atomic E-state index is 0.0208. The maximum atomic E-state index is 12.9. The molecule has 0 rings (SSSR count). The molecule has 0 aliphatic heterocycles. The quantitative estimate of drug-likeness (QED) is 0.0271. The molecule has 0 aliphatic rings. The van der Waals surface area contributed by atoms with Crippen molar-refractivity contribution in [2.24, 2.45) is 0 Å². The highest BCUT2D eigenvalue weighted by atomic mass is 16.5. The van der Waals surface area contributed by atoms with Gasteiger partial charge in [0.2, 0.25) is 11.8 Å². The maximum absolute atomic E-state index is 12.9. The van der Waals surface area contributed by atoms with Crippen LogP contribution in [0.25, 0.3) is 0 Å². The van der Waals surface area contributed by atoms with Gasteiger partial charge in [0.25, 0.3) is 0 Å². The first kappa shape index (κ1) is 58.5. The van der Waals surface area contributed by atoms with E-state index in [1.807, 2.05) is 0 Å². The van der Waals surface area contributed by atoms with Gasteiger partial charge in [-0.05, 0) is 83.5 Å². The predicted molar refractivity (Wildman–Crippen MR) is 259 cm³/mol. The van der Waals surface area contributed by atoms with E-state index in [-0.39, 0.29) is 24.5 Å². The third kappa shape index (κ3) is 43.2. The Labute approximate surface area is 379 Å². The normalized spacial score (nSPS) is 13.0. The van der Waals surface area contributed by atoms with E-state index in [4.69, 9.17) is 14.9 Å². The molecule has 2 atom stereocenters. The average Bonchev–Trinajstić information content (AvgIpc) is 3.26. The van der Waals surface area contributed by atoms with Gasteiger partial charge >= 0.3 is 11.9 Å². The van der Waals surface area contributed by atoms with Crippen molar-refractivity contribution < 1.29 is 34.1 Å². The number of hydrogen-bond acceptors (Lipinski definition) is 6. The molecule has 0 fully saturated rings. The number of nitrogens with one attached hydrogen (secondary N) is 2. The van der Waals surface area contributed by atoms with Crippen LogP contribution in [-0.4, -0.2) is 59.3 Å². The standard InChI is InChI=1S/C53H92N2O7/c1-3-5-7-9-11-13-15-16-17-18-19-20-21-22-23-24-25-26-28-30-32-37-41-45-52(59)62-48(42-38-34-31-29-27-14-12-10-8-6-4-2)43-39-35-33-36-40-44-50(57)54-46-51(58)55-49(47-56)53(60)61/h5,7,11,13,16-17,19-20,22-23,48-49,56H,3-4,6,8-10,12,14-15,18,21,24-47H2,1-2H3,(H,54,57)(H,55,58)(H,60,61)/b7-5-,13-11-,17-16-,20-19-,23-22-. The first-order chi connectivity index (χ1) is 30.3. The van der Waals surface area contributed by atoms with Gasteiger partial charge < -0.3 is 25.6 Å². The first-order valence-corrected chi connectivity index (χ1v) is 25.2. The van der Waals surface area contributed by atoms with Crippen molar-refractivity contribution in [1.29, 1.82) is 0 Å². The summed E-state index contributed by atoms with van der Waals surface area (Å²) in [5.74, 6) is -2.30. The van der Waals surface area contributed by atoms with Crippen molar-refractivity contribution in [3.63, 3.8) is 0 Å². The first-order valence-electron chi connectivity index (χ1n) is 25.2. The Bertz CT molecular complexity index is 1220. The number of carbonyl (C=O) groups excluding carboxylic acids is 3. The number of rotatable bonds is 45. The van der Waals surface area contributed by atoms with Gasteiger partial charge in [0.15, 0.2) is 0 Å². The Hall–Kier alpha value is -3.46. The van der Waals surface area contributed by atoms with Crippen LogP contribution in [0.1, 0.15) is 226 Å². The summed E-state index contributed by atoms with van der Waals surface area (Å²) >= 11 is 0. The SMILES string of the molecule is CC/C=C\C/C=C\C/C=C\C/C=C\C/C=C\CCCCCCCCCC(=O)OC(CCCCCCCCCCCCC)CCCCCCCC(=O)NCC(=O)NC(CO)C(=O)O. The molecule has 0 saturated heterocycles. The third-order valence-corrected chi connectivity index (χ3v) is 11.0. The molecule has 62 heavy (non-hydrogen) atoms. The fourth-order valence-electron chi connectivity index (χ4n) is 7.21. The molecule has 0 aliphatic carbocycles. The zero-order valence-corrected chi connectivity index (χ0v) is 39.6. The van der Waals surface area contributed by atoms with E-state index >= 15 is 0 Å². The van der Waals surface area contributed by atoms with Crippen molar-refractivity contribution in [2.75, 3.05) is 13.2 Å². The molecule has 0 radical (unpaired) electrons. The topological polar surface area (TPSA) is 142 Å². The van der Waals surface area contributed by atoms with Crippen LogP contribution in [0, 0.1) is 0 Å². The number of allylic oxidation sites excluding steroid dienone is 10. The van der Waals surface area contributed by atoms with Gasteiger partial charge in [0.05, 0.1) is 13.2 Å². The van der Waals surface area contributed by atoms with E-state index in [1.165, 1.54) is 96.3 Å². The van der Waals surface area contributed by atoms with Crippen molar-refractivity contribution in [2.45, 2.75) is 238 Å². The fourth-order valence-corrected chi connectivity index (χ4v) is 7.21. The molecule has 2 unspecified atom stereocenters. The number of amides is 2. The fraction of sp³-hybridized carbons (Fsp3) is 0.736. The van der Waals surface area contributed by atoms with Gasteiger partial charge in [0, 0.05) is 12.8 Å². The summed E-state index contributed by atoms with van der Waals surface area (Å²) in [6.07, 6.45) is 58.2. The zero-order chi connectivity index (χ0) is 45.4. The largest absolute Gasteiger partial charge is 0.480 e. The Morgan fingerprint density at radius 1 is 0.500 bits per heavy atom. The predicted octanol–water partition coefficient (Wildman–Crippen LogP) is 13.3. The smallest absolute Gasteiger partial charge is 0.328 e. The number of unbranched alkanes of at least 4 members (excludes halogenated alkanes) is 21. The maximum Gasteiger partial charge on any atom is 0.328 e. The van der Waals surface area contributed by atoms with E-state index < -0.39 is 24.5 Å². The van der Waals surface area contributed by atoms with Crippen molar-refractivity contribution in [1.82, 2.24) is 10.6 Å². The summed E-state index contributed by atoms with van der Waals surface area (Å²) in [4.78, 5) is 47.7. The number of aliphatic carboxylic acids is 1. The van der Waals surface area contributed by atoms with Crippen LogP contribution in [0.2, 0.25) is 0 Å². The highest BCUT2D eigenvalue weighted by molar-refractivity contribution is 5.87. The number of ether oxygens (including phenoxy) is 1. The molecular formula is C53H92N2O7. The van der Waals surface area contributed by atoms with E-state index in [0.29, 0.717) is 19.3 Å². The van der Waals surface area contributed by atoms with Gasteiger partial charge in [-0.15, -0.1) is 0 Å². The Balaban J connectivity index is 4.24. The second-order valence-corrected chi connectivity index (χ2v) is 16.9. The van der Waals surface area contributed by atoms with Crippen LogP contribution in [0.15, 0.2) is 60.8 Å². The Morgan fingerprint density at radius 2 is 0.919 bits per heavy atom. The van der Waals surface area contributed by atoms with E-state index in [9.17, 15) is 19.2 Å². The highest BCUT2D eigenvalue weighted by Gasteiger charge is 2.19. The van der Waals surface area contributed by atoms with Gasteiger partial charge in [-0.2, -0.15) is 0 Å². The number of aliphatic hydroxyl groups excluding tert-OH is 1. The van der Waals surface area contributed by atoms with Crippen molar-refractivity contribution >= 4 is 23.8 Å². The average molecular weight is 869 g/mol. The number of carbonyl (C=O) groups is 4. The van der Waals surface area contributed by atoms with Gasteiger partial charge in [-0.1, -0.05) is 190 Å². The molecule has 9 heteroatoms. The van der Waals surface area contributed by atoms with Crippen LogP contribution >= 0.6 is 0 Å². The summed E-state index contributed by atoms with van der Waals surface area (Å²) < 4.78 is 6.05. The lowest BCUT2D eigenvalue weighted by Gasteiger charge is -2.18. The lowest BCUT2D eigenvalue weighted by molar-refractivity contribution is -0.150.